The molecule has 1 aromatic heterocycles. The molecular weight excluding hydrogens is 184 g/mol. The second-order valence-electron chi connectivity index (χ2n) is 2.27. The Morgan fingerprint density at radius 1 is 1.71 bits per heavy atom. The number of allylic oxidation sites excluding steroid dienone is 1. The van der Waals surface area contributed by atoms with Crippen LogP contribution in [0.4, 0.5) is 0 Å². The van der Waals surface area contributed by atoms with Crippen LogP contribution >= 0.6 is 0 Å². The molecule has 1 aromatic rings. The third-order valence-electron chi connectivity index (χ3n) is 1.38. The first-order chi connectivity index (χ1) is 6.77. The monoisotopic (exact) mass is 190 g/mol. The van der Waals surface area contributed by atoms with Crippen LogP contribution in [0.3, 0.4) is 0 Å². The third-order valence-corrected chi connectivity index (χ3v) is 1.38. The molecule has 0 radical (unpaired) electrons. The Labute approximate surface area is 79.6 Å². The Bertz CT molecular complexity index is 410. The molecule has 0 aliphatic heterocycles. The summed E-state index contributed by atoms with van der Waals surface area (Å²) >= 11 is 0. The van der Waals surface area contributed by atoms with E-state index in [1.165, 1.54) is 18.4 Å². The van der Waals surface area contributed by atoms with Crippen LogP contribution in [0.5, 0.6) is 0 Å². The maximum absolute atomic E-state index is 11.1. The molecule has 5 heteroatoms. The number of furan rings is 1. The first-order valence-corrected chi connectivity index (χ1v) is 3.66. The number of ketones is 1. The van der Waals surface area contributed by atoms with Gasteiger partial charge >= 0.3 is 0 Å². The van der Waals surface area contributed by atoms with E-state index in [0.29, 0.717) is 5.76 Å². The molecule has 0 aromatic carbocycles. The smallest absolute Gasteiger partial charge is 0.226 e. The minimum Gasteiger partial charge on any atom is -0.465 e. The summed E-state index contributed by atoms with van der Waals surface area (Å²) in [6, 6.07) is 4.76. The molecular formula is C9H6N2O3. The van der Waals surface area contributed by atoms with Gasteiger partial charge in [0.25, 0.3) is 0 Å². The molecule has 0 spiro atoms. The maximum atomic E-state index is 11.1. The summed E-state index contributed by atoms with van der Waals surface area (Å²) < 4.78 is 4.91. The van der Waals surface area contributed by atoms with Gasteiger partial charge in [-0.25, -0.2) is 0 Å². The number of hydrogen-bond acceptors (Lipinski definition) is 5. The molecule has 0 amide bonds. The molecule has 0 atom stereocenters. The third kappa shape index (κ3) is 2.32. The van der Waals surface area contributed by atoms with Crippen LogP contribution in [-0.4, -0.2) is 16.7 Å². The number of nitriles is 1. The highest BCUT2D eigenvalue weighted by molar-refractivity contribution is 6.49. The van der Waals surface area contributed by atoms with E-state index >= 15 is 0 Å². The number of rotatable bonds is 3. The van der Waals surface area contributed by atoms with Crippen molar-refractivity contribution in [2.24, 2.45) is 5.16 Å². The Kier molecular flexibility index (Phi) is 3.21. The van der Waals surface area contributed by atoms with Crippen LogP contribution in [0.1, 0.15) is 5.76 Å². The molecule has 14 heavy (non-hydrogen) atoms. The summed E-state index contributed by atoms with van der Waals surface area (Å²) in [6.45, 7) is 0. The fourth-order valence-corrected chi connectivity index (χ4v) is 0.750. The molecule has 0 saturated heterocycles. The lowest BCUT2D eigenvalue weighted by atomic mass is 10.2. The van der Waals surface area contributed by atoms with Gasteiger partial charge in [-0.3, -0.25) is 4.79 Å². The van der Waals surface area contributed by atoms with Gasteiger partial charge in [-0.1, -0.05) is 5.16 Å². The van der Waals surface area contributed by atoms with Gasteiger partial charge in [-0.15, -0.1) is 0 Å². The van der Waals surface area contributed by atoms with E-state index in [0.717, 1.165) is 6.08 Å². The van der Waals surface area contributed by atoms with Crippen molar-refractivity contribution < 1.29 is 14.4 Å². The lowest BCUT2D eigenvalue weighted by molar-refractivity contribution is -0.108. The fourth-order valence-electron chi connectivity index (χ4n) is 0.750. The van der Waals surface area contributed by atoms with Gasteiger partial charge in [0.2, 0.25) is 11.5 Å². The van der Waals surface area contributed by atoms with Gasteiger partial charge in [-0.05, 0) is 24.3 Å². The van der Waals surface area contributed by atoms with Crippen molar-refractivity contribution in [3.8, 4) is 6.07 Å². The molecule has 1 heterocycles. The van der Waals surface area contributed by atoms with Crippen LogP contribution in [0.15, 0.2) is 34.0 Å². The molecule has 5 nitrogen and oxygen atoms in total. The van der Waals surface area contributed by atoms with Crippen molar-refractivity contribution in [2.75, 3.05) is 0 Å². The van der Waals surface area contributed by atoms with Crippen molar-refractivity contribution in [2.45, 2.75) is 0 Å². The largest absolute Gasteiger partial charge is 0.465 e. The van der Waals surface area contributed by atoms with Gasteiger partial charge in [0.05, 0.1) is 6.26 Å². The summed E-state index contributed by atoms with van der Waals surface area (Å²) in [7, 11) is 0. The van der Waals surface area contributed by atoms with Crippen molar-refractivity contribution in [1.82, 2.24) is 0 Å². The maximum Gasteiger partial charge on any atom is 0.226 e. The fraction of sp³-hybridized carbons (Fsp3) is 0. The zero-order chi connectivity index (χ0) is 10.4. The van der Waals surface area contributed by atoms with E-state index in [-0.39, 0.29) is 0 Å². The second kappa shape index (κ2) is 4.62. The summed E-state index contributed by atoms with van der Waals surface area (Å²) in [6.07, 6.45) is 3.93. The van der Waals surface area contributed by atoms with Crippen LogP contribution in [0, 0.1) is 11.3 Å². The standard InChI is InChI=1S/C9H6N2O3/c10-6-8(11-13)9(12)4-3-7-2-1-5-14-7/h1-5,13H/b4-3+,11-8+. The van der Waals surface area contributed by atoms with Crippen molar-refractivity contribution in [1.29, 1.82) is 5.26 Å². The van der Waals surface area contributed by atoms with Gasteiger partial charge < -0.3 is 9.62 Å². The van der Waals surface area contributed by atoms with Crippen molar-refractivity contribution in [3.05, 3.63) is 30.2 Å². The molecule has 0 bridgehead atoms. The van der Waals surface area contributed by atoms with Crippen LogP contribution in [0.2, 0.25) is 0 Å². The van der Waals surface area contributed by atoms with Crippen LogP contribution < -0.4 is 0 Å². The van der Waals surface area contributed by atoms with E-state index in [2.05, 4.69) is 5.16 Å². The summed E-state index contributed by atoms with van der Waals surface area (Å²) in [5.74, 6) is -0.194. The SMILES string of the molecule is N#C/C(=N\O)C(=O)/C=C/c1ccco1. The van der Waals surface area contributed by atoms with E-state index in [9.17, 15) is 4.79 Å². The van der Waals surface area contributed by atoms with Gasteiger partial charge in [0.1, 0.15) is 11.8 Å². The molecule has 1 N–H and O–H groups in total. The van der Waals surface area contributed by atoms with Gasteiger partial charge in [-0.2, -0.15) is 5.26 Å². The Balaban J connectivity index is 2.71. The lowest BCUT2D eigenvalue weighted by Crippen LogP contribution is -2.07. The number of oxime groups is 1. The Morgan fingerprint density at radius 2 is 2.50 bits per heavy atom. The Morgan fingerprint density at radius 3 is 3.00 bits per heavy atom. The van der Waals surface area contributed by atoms with Gasteiger partial charge in [0, 0.05) is 0 Å². The zero-order valence-electron chi connectivity index (χ0n) is 7.04. The molecule has 0 unspecified atom stereocenters. The highest BCUT2D eigenvalue weighted by atomic mass is 16.4. The highest BCUT2D eigenvalue weighted by Crippen LogP contribution is 2.02. The number of nitrogens with zero attached hydrogens (tertiary/aromatic N) is 2. The molecule has 0 saturated carbocycles. The number of carbonyl (C=O) groups excluding carboxylic acids is 1. The molecule has 0 fully saturated rings. The van der Waals surface area contributed by atoms with Gasteiger partial charge in [0.15, 0.2) is 0 Å². The number of carbonyl (C=O) groups is 1. The zero-order valence-corrected chi connectivity index (χ0v) is 7.04. The Hall–Kier alpha value is -2.35. The summed E-state index contributed by atoms with van der Waals surface area (Å²) in [5, 5.41) is 19.1. The van der Waals surface area contributed by atoms with Crippen LogP contribution in [0.25, 0.3) is 6.08 Å². The quantitative estimate of drug-likeness (QED) is 0.336. The summed E-state index contributed by atoms with van der Waals surface area (Å²) in [5.41, 5.74) is -0.562. The number of hydrogen-bond donors (Lipinski definition) is 1. The van der Waals surface area contributed by atoms with Crippen LogP contribution in [-0.2, 0) is 4.79 Å². The van der Waals surface area contributed by atoms with Crippen molar-refractivity contribution >= 4 is 17.6 Å². The van der Waals surface area contributed by atoms with E-state index in [1.807, 2.05) is 0 Å². The van der Waals surface area contributed by atoms with E-state index in [1.54, 1.807) is 12.1 Å². The second-order valence-corrected chi connectivity index (χ2v) is 2.27. The minimum absolute atomic E-state index is 0.480. The predicted octanol–water partition coefficient (Wildman–Crippen LogP) is 1.22. The molecule has 1 rings (SSSR count). The van der Waals surface area contributed by atoms with Crippen molar-refractivity contribution in [3.63, 3.8) is 0 Å². The molecule has 0 aliphatic carbocycles. The lowest BCUT2D eigenvalue weighted by Gasteiger charge is -1.85. The molecule has 0 aliphatic rings. The first-order valence-electron chi connectivity index (χ1n) is 3.66. The molecule has 70 valence electrons. The van der Waals surface area contributed by atoms with E-state index in [4.69, 9.17) is 14.9 Å². The average molecular weight is 190 g/mol. The summed E-state index contributed by atoms with van der Waals surface area (Å²) in [4.78, 5) is 11.1. The minimum atomic E-state index is -0.675. The topological polar surface area (TPSA) is 86.6 Å². The predicted molar refractivity (Wildman–Crippen MR) is 47.6 cm³/mol. The highest BCUT2D eigenvalue weighted by Gasteiger charge is 2.06. The normalized spacial score (nSPS) is 11.5. The first kappa shape index (κ1) is 9.74. The van der Waals surface area contributed by atoms with E-state index < -0.39 is 11.5 Å². The average Bonchev–Trinajstić information content (AvgIpc) is 2.69.